The molecule has 4 nitrogen and oxygen atoms in total. The topological polar surface area (TPSA) is 64.3 Å². The van der Waals surface area contributed by atoms with Gasteiger partial charge in [-0.1, -0.05) is 30.1 Å². The van der Waals surface area contributed by atoms with Crippen LogP contribution < -0.4 is 11.1 Å². The number of nitrogen functional groups attached to an aromatic ring is 1. The molecule has 0 amide bonds. The molecule has 0 saturated heterocycles. The zero-order valence-corrected chi connectivity index (χ0v) is 13.5. The highest BCUT2D eigenvalue weighted by molar-refractivity contribution is 6.35. The molecule has 0 aromatic heterocycles. The van der Waals surface area contributed by atoms with Crippen LogP contribution in [0.25, 0.3) is 0 Å². The van der Waals surface area contributed by atoms with Gasteiger partial charge >= 0.3 is 5.97 Å². The van der Waals surface area contributed by atoms with Crippen LogP contribution in [0.5, 0.6) is 0 Å². The van der Waals surface area contributed by atoms with Gasteiger partial charge in [-0.05, 0) is 42.8 Å². The molecule has 0 aliphatic rings. The first-order valence-corrected chi connectivity index (χ1v) is 7.55. The van der Waals surface area contributed by atoms with Gasteiger partial charge in [0.05, 0.1) is 23.5 Å². The minimum Gasteiger partial charge on any atom is -0.462 e. The summed E-state index contributed by atoms with van der Waals surface area (Å²) in [6.45, 7) is 2.32. The molecule has 0 radical (unpaired) electrons. The van der Waals surface area contributed by atoms with E-state index in [1.165, 1.54) is 0 Å². The Labute approximate surface area is 139 Å². The average Bonchev–Trinajstić information content (AvgIpc) is 2.45. The van der Waals surface area contributed by atoms with E-state index >= 15 is 0 Å². The van der Waals surface area contributed by atoms with Crippen LogP contribution in [0, 0.1) is 0 Å². The van der Waals surface area contributed by atoms with Crippen LogP contribution in [0.3, 0.4) is 0 Å². The number of esters is 1. The van der Waals surface area contributed by atoms with Gasteiger partial charge in [0.1, 0.15) is 0 Å². The van der Waals surface area contributed by atoms with Crippen molar-refractivity contribution in [2.45, 2.75) is 13.3 Å². The van der Waals surface area contributed by atoms with Crippen molar-refractivity contribution in [3.05, 3.63) is 52.0 Å². The van der Waals surface area contributed by atoms with E-state index in [9.17, 15) is 4.79 Å². The first-order chi connectivity index (χ1) is 10.5. The second kappa shape index (κ2) is 7.38. The Bertz CT molecular complexity index is 670. The number of nitrogens with two attached hydrogens (primary N) is 1. The number of carbonyl (C=O) groups is 1. The number of anilines is 3. The summed E-state index contributed by atoms with van der Waals surface area (Å²) in [7, 11) is 0. The SMILES string of the molecule is CCCOC(=O)c1ccc(Nc2cc(Cl)cc(Cl)c2)c(N)c1. The van der Waals surface area contributed by atoms with Crippen molar-refractivity contribution in [1.29, 1.82) is 0 Å². The quantitative estimate of drug-likeness (QED) is 0.601. The van der Waals surface area contributed by atoms with E-state index in [2.05, 4.69) is 5.32 Å². The second-order valence-electron chi connectivity index (χ2n) is 4.72. The largest absolute Gasteiger partial charge is 0.462 e. The predicted molar refractivity (Wildman–Crippen MR) is 91.2 cm³/mol. The Morgan fingerprint density at radius 1 is 1.18 bits per heavy atom. The van der Waals surface area contributed by atoms with E-state index in [1.54, 1.807) is 36.4 Å². The molecule has 0 unspecified atom stereocenters. The van der Waals surface area contributed by atoms with Gasteiger partial charge in [-0.2, -0.15) is 0 Å². The summed E-state index contributed by atoms with van der Waals surface area (Å²) < 4.78 is 5.07. The van der Waals surface area contributed by atoms with Crippen LogP contribution in [0.1, 0.15) is 23.7 Å². The standard InChI is InChI=1S/C16H16Cl2N2O2/c1-2-5-22-16(21)10-3-4-15(14(19)6-10)20-13-8-11(17)7-12(18)9-13/h3-4,6-9,20H,2,5,19H2,1H3. The molecule has 0 spiro atoms. The van der Waals surface area contributed by atoms with Crippen molar-refractivity contribution in [2.75, 3.05) is 17.7 Å². The van der Waals surface area contributed by atoms with Gasteiger partial charge in [0.15, 0.2) is 0 Å². The predicted octanol–water partition coefficient (Wildman–Crippen LogP) is 4.89. The number of rotatable bonds is 5. The lowest BCUT2D eigenvalue weighted by Gasteiger charge is -2.11. The van der Waals surface area contributed by atoms with Crippen molar-refractivity contribution < 1.29 is 9.53 Å². The minimum atomic E-state index is -0.383. The molecule has 22 heavy (non-hydrogen) atoms. The lowest BCUT2D eigenvalue weighted by atomic mass is 10.1. The number of ether oxygens (including phenoxy) is 1. The number of benzene rings is 2. The van der Waals surface area contributed by atoms with Crippen molar-refractivity contribution in [1.82, 2.24) is 0 Å². The van der Waals surface area contributed by atoms with Crippen LogP contribution in [0.4, 0.5) is 17.1 Å². The van der Waals surface area contributed by atoms with Gasteiger partial charge < -0.3 is 15.8 Å². The zero-order chi connectivity index (χ0) is 16.1. The average molecular weight is 339 g/mol. The lowest BCUT2D eigenvalue weighted by molar-refractivity contribution is 0.0505. The molecule has 0 aliphatic heterocycles. The highest BCUT2D eigenvalue weighted by atomic mass is 35.5. The smallest absolute Gasteiger partial charge is 0.338 e. The fraction of sp³-hybridized carbons (Fsp3) is 0.188. The van der Waals surface area contributed by atoms with E-state index in [-0.39, 0.29) is 5.97 Å². The molecule has 2 aromatic rings. The minimum absolute atomic E-state index is 0.383. The Kier molecular flexibility index (Phi) is 5.52. The summed E-state index contributed by atoms with van der Waals surface area (Å²) in [6, 6.07) is 10.1. The van der Waals surface area contributed by atoms with Gasteiger partial charge in [-0.3, -0.25) is 0 Å². The Balaban J connectivity index is 2.17. The first kappa shape index (κ1) is 16.5. The van der Waals surface area contributed by atoms with E-state index < -0.39 is 0 Å². The van der Waals surface area contributed by atoms with Crippen LogP contribution in [0.15, 0.2) is 36.4 Å². The molecule has 0 atom stereocenters. The number of carbonyl (C=O) groups excluding carboxylic acids is 1. The molecule has 116 valence electrons. The van der Waals surface area contributed by atoms with Crippen molar-refractivity contribution in [2.24, 2.45) is 0 Å². The fourth-order valence-corrected chi connectivity index (χ4v) is 2.39. The maximum atomic E-state index is 11.8. The number of halogens is 2. The van der Waals surface area contributed by atoms with Crippen molar-refractivity contribution in [3.63, 3.8) is 0 Å². The summed E-state index contributed by atoms with van der Waals surface area (Å²) in [5.41, 5.74) is 8.20. The summed E-state index contributed by atoms with van der Waals surface area (Å²) in [4.78, 5) is 11.8. The van der Waals surface area contributed by atoms with E-state index in [1.807, 2.05) is 6.92 Å². The number of hydrogen-bond donors (Lipinski definition) is 2. The first-order valence-electron chi connectivity index (χ1n) is 6.79. The third-order valence-electron chi connectivity index (χ3n) is 2.87. The molecule has 2 aromatic carbocycles. The monoisotopic (exact) mass is 338 g/mol. The molecule has 0 aliphatic carbocycles. The van der Waals surface area contributed by atoms with Crippen molar-refractivity contribution in [3.8, 4) is 0 Å². The molecule has 6 heteroatoms. The summed E-state index contributed by atoms with van der Waals surface area (Å²) >= 11 is 11.9. The molecular weight excluding hydrogens is 323 g/mol. The third kappa shape index (κ3) is 4.29. The van der Waals surface area contributed by atoms with E-state index in [4.69, 9.17) is 33.7 Å². The van der Waals surface area contributed by atoms with Crippen LogP contribution >= 0.6 is 23.2 Å². The number of nitrogens with one attached hydrogen (secondary N) is 1. The van der Waals surface area contributed by atoms with Gasteiger partial charge in [0.25, 0.3) is 0 Å². The van der Waals surface area contributed by atoms with Gasteiger partial charge in [0.2, 0.25) is 0 Å². The Morgan fingerprint density at radius 3 is 2.45 bits per heavy atom. The maximum absolute atomic E-state index is 11.8. The molecule has 0 fully saturated rings. The molecular formula is C16H16Cl2N2O2. The molecule has 0 heterocycles. The normalized spacial score (nSPS) is 10.3. The molecule has 3 N–H and O–H groups in total. The van der Waals surface area contributed by atoms with Gasteiger partial charge in [0, 0.05) is 15.7 Å². The maximum Gasteiger partial charge on any atom is 0.338 e. The Morgan fingerprint density at radius 2 is 1.86 bits per heavy atom. The number of hydrogen-bond acceptors (Lipinski definition) is 4. The summed E-state index contributed by atoms with van der Waals surface area (Å²) in [5.74, 6) is -0.383. The second-order valence-corrected chi connectivity index (χ2v) is 5.59. The van der Waals surface area contributed by atoms with Gasteiger partial charge in [-0.15, -0.1) is 0 Å². The molecule has 0 saturated carbocycles. The summed E-state index contributed by atoms with van der Waals surface area (Å²) in [5, 5.41) is 4.16. The van der Waals surface area contributed by atoms with E-state index in [0.29, 0.717) is 39.3 Å². The third-order valence-corrected chi connectivity index (χ3v) is 3.30. The highest BCUT2D eigenvalue weighted by Crippen LogP contribution is 2.28. The molecule has 0 bridgehead atoms. The zero-order valence-electron chi connectivity index (χ0n) is 12.0. The van der Waals surface area contributed by atoms with Crippen molar-refractivity contribution >= 4 is 46.2 Å². The van der Waals surface area contributed by atoms with Crippen LogP contribution in [-0.2, 0) is 4.74 Å². The highest BCUT2D eigenvalue weighted by Gasteiger charge is 2.10. The van der Waals surface area contributed by atoms with Crippen LogP contribution in [0.2, 0.25) is 10.0 Å². The Hall–Kier alpha value is -1.91. The van der Waals surface area contributed by atoms with E-state index in [0.717, 1.165) is 6.42 Å². The summed E-state index contributed by atoms with van der Waals surface area (Å²) in [6.07, 6.45) is 0.774. The fourth-order valence-electron chi connectivity index (χ4n) is 1.86. The lowest BCUT2D eigenvalue weighted by Crippen LogP contribution is -2.07. The van der Waals surface area contributed by atoms with Crippen LogP contribution in [-0.4, -0.2) is 12.6 Å². The van der Waals surface area contributed by atoms with Gasteiger partial charge in [-0.25, -0.2) is 4.79 Å². The molecule has 2 rings (SSSR count).